The standard InChI is InChI=1S/C11H13NO4S/c1-8(4-5-13)9-2-3-11-10(6-9)12-17(14,15)7-16-11/h2-3,5-6,8,12H,4,7H2,1H3. The Kier molecular flexibility index (Phi) is 3.06. The fourth-order valence-electron chi connectivity index (χ4n) is 1.68. The van der Waals surface area contributed by atoms with Crippen LogP contribution in [0.3, 0.4) is 0 Å². The molecule has 17 heavy (non-hydrogen) atoms. The van der Waals surface area contributed by atoms with Crippen LogP contribution in [0.1, 0.15) is 24.8 Å². The summed E-state index contributed by atoms with van der Waals surface area (Å²) >= 11 is 0. The first kappa shape index (κ1) is 11.9. The zero-order chi connectivity index (χ0) is 12.5. The lowest BCUT2D eigenvalue weighted by Crippen LogP contribution is -2.25. The van der Waals surface area contributed by atoms with E-state index in [4.69, 9.17) is 4.74 Å². The highest BCUT2D eigenvalue weighted by molar-refractivity contribution is 7.92. The average molecular weight is 255 g/mol. The monoisotopic (exact) mass is 255 g/mol. The molecule has 1 aromatic carbocycles. The van der Waals surface area contributed by atoms with Gasteiger partial charge in [-0.05, 0) is 23.6 Å². The number of fused-ring (bicyclic) bond motifs is 1. The maximum atomic E-state index is 11.3. The molecule has 1 aliphatic rings. The Morgan fingerprint density at radius 1 is 1.53 bits per heavy atom. The molecule has 92 valence electrons. The first-order chi connectivity index (χ1) is 8.02. The van der Waals surface area contributed by atoms with Gasteiger partial charge in [0.25, 0.3) is 10.0 Å². The Bertz CT molecular complexity index is 538. The van der Waals surface area contributed by atoms with E-state index >= 15 is 0 Å². The molecule has 0 spiro atoms. The summed E-state index contributed by atoms with van der Waals surface area (Å²) in [6, 6.07) is 5.26. The van der Waals surface area contributed by atoms with Crippen LogP contribution in [0, 0.1) is 0 Å². The molecule has 0 aromatic heterocycles. The van der Waals surface area contributed by atoms with E-state index in [-0.39, 0.29) is 11.9 Å². The maximum Gasteiger partial charge on any atom is 0.268 e. The molecule has 1 N–H and O–H groups in total. The second-order valence-corrected chi connectivity index (χ2v) is 5.71. The third-order valence-corrected chi connectivity index (χ3v) is 3.62. The van der Waals surface area contributed by atoms with Crippen molar-refractivity contribution in [2.45, 2.75) is 19.3 Å². The van der Waals surface area contributed by atoms with Crippen molar-refractivity contribution < 1.29 is 17.9 Å². The molecule has 0 bridgehead atoms. The fourth-order valence-corrected chi connectivity index (χ4v) is 2.51. The fraction of sp³-hybridized carbons (Fsp3) is 0.364. The van der Waals surface area contributed by atoms with E-state index in [0.717, 1.165) is 11.8 Å². The number of carbonyl (C=O) groups excluding carboxylic acids is 1. The van der Waals surface area contributed by atoms with Crippen LogP contribution in [-0.4, -0.2) is 20.6 Å². The normalized spacial score (nSPS) is 18.4. The number of benzene rings is 1. The van der Waals surface area contributed by atoms with Gasteiger partial charge in [-0.15, -0.1) is 0 Å². The molecule has 6 heteroatoms. The van der Waals surface area contributed by atoms with Crippen molar-refractivity contribution in [2.75, 3.05) is 10.7 Å². The zero-order valence-corrected chi connectivity index (χ0v) is 10.2. The number of aldehydes is 1. The number of anilines is 1. The van der Waals surface area contributed by atoms with Crippen molar-refractivity contribution in [3.63, 3.8) is 0 Å². The number of ether oxygens (including phenoxy) is 1. The van der Waals surface area contributed by atoms with Crippen LogP contribution >= 0.6 is 0 Å². The molecule has 1 atom stereocenters. The molecule has 0 aliphatic carbocycles. The van der Waals surface area contributed by atoms with Gasteiger partial charge < -0.3 is 9.53 Å². The minimum atomic E-state index is -3.39. The van der Waals surface area contributed by atoms with Crippen LogP contribution in [0.2, 0.25) is 0 Å². The second kappa shape index (κ2) is 4.37. The van der Waals surface area contributed by atoms with Crippen molar-refractivity contribution in [1.29, 1.82) is 0 Å². The Morgan fingerprint density at radius 2 is 2.29 bits per heavy atom. The van der Waals surface area contributed by atoms with E-state index in [1.54, 1.807) is 12.1 Å². The Hall–Kier alpha value is -1.56. The Morgan fingerprint density at radius 3 is 3.00 bits per heavy atom. The Labute approximate surface area is 99.8 Å². The highest BCUT2D eigenvalue weighted by atomic mass is 32.2. The van der Waals surface area contributed by atoms with Crippen LogP contribution < -0.4 is 9.46 Å². The lowest BCUT2D eigenvalue weighted by atomic mass is 9.98. The molecule has 1 heterocycles. The van der Waals surface area contributed by atoms with Gasteiger partial charge in [0.2, 0.25) is 5.94 Å². The predicted molar refractivity (Wildman–Crippen MR) is 63.6 cm³/mol. The molecule has 1 unspecified atom stereocenters. The van der Waals surface area contributed by atoms with Gasteiger partial charge in [0.1, 0.15) is 12.0 Å². The number of sulfonamides is 1. The van der Waals surface area contributed by atoms with Crippen molar-refractivity contribution in [1.82, 2.24) is 0 Å². The summed E-state index contributed by atoms with van der Waals surface area (Å²) in [4.78, 5) is 10.4. The molecule has 0 saturated carbocycles. The highest BCUT2D eigenvalue weighted by Gasteiger charge is 2.21. The molecule has 2 rings (SSSR count). The van der Waals surface area contributed by atoms with Gasteiger partial charge in [0.05, 0.1) is 5.69 Å². The van der Waals surface area contributed by atoms with Gasteiger partial charge >= 0.3 is 0 Å². The van der Waals surface area contributed by atoms with Crippen LogP contribution in [-0.2, 0) is 14.8 Å². The first-order valence-corrected chi connectivity index (χ1v) is 6.88. The van der Waals surface area contributed by atoms with E-state index in [9.17, 15) is 13.2 Å². The maximum absolute atomic E-state index is 11.3. The molecule has 0 amide bonds. The summed E-state index contributed by atoms with van der Waals surface area (Å²) in [5.74, 6) is 0.217. The van der Waals surface area contributed by atoms with E-state index in [1.807, 2.05) is 13.0 Å². The van der Waals surface area contributed by atoms with Crippen molar-refractivity contribution in [3.8, 4) is 5.75 Å². The lowest BCUT2D eigenvalue weighted by Gasteiger charge is -2.20. The van der Waals surface area contributed by atoms with Crippen molar-refractivity contribution in [2.24, 2.45) is 0 Å². The number of carbonyl (C=O) groups is 1. The minimum Gasteiger partial charge on any atom is -0.474 e. The number of hydrogen-bond acceptors (Lipinski definition) is 4. The summed E-state index contributed by atoms with van der Waals surface area (Å²) in [5, 5.41) is 0. The molecule has 1 aliphatic heterocycles. The topological polar surface area (TPSA) is 72.5 Å². The summed E-state index contributed by atoms with van der Waals surface area (Å²) in [5.41, 5.74) is 1.34. The smallest absolute Gasteiger partial charge is 0.268 e. The number of rotatable bonds is 3. The summed E-state index contributed by atoms with van der Waals surface area (Å²) in [6.07, 6.45) is 1.26. The second-order valence-electron chi connectivity index (χ2n) is 4.04. The zero-order valence-electron chi connectivity index (χ0n) is 9.34. The molecular formula is C11H13NO4S. The van der Waals surface area contributed by atoms with Gasteiger partial charge in [0.15, 0.2) is 0 Å². The van der Waals surface area contributed by atoms with Gasteiger partial charge in [-0.3, -0.25) is 4.72 Å². The first-order valence-electron chi connectivity index (χ1n) is 5.23. The molecule has 1 aromatic rings. The van der Waals surface area contributed by atoms with Gasteiger partial charge in [-0.25, -0.2) is 8.42 Å². The minimum absolute atomic E-state index is 0.0595. The summed E-state index contributed by atoms with van der Waals surface area (Å²) in [7, 11) is -3.39. The van der Waals surface area contributed by atoms with E-state index in [0.29, 0.717) is 17.9 Å². The number of hydrogen-bond donors (Lipinski definition) is 1. The summed E-state index contributed by atoms with van der Waals surface area (Å²) in [6.45, 7) is 1.91. The van der Waals surface area contributed by atoms with E-state index in [1.165, 1.54) is 0 Å². The van der Waals surface area contributed by atoms with E-state index < -0.39 is 10.0 Å². The third kappa shape index (κ3) is 2.58. The molecule has 5 nitrogen and oxygen atoms in total. The van der Waals surface area contributed by atoms with Crippen LogP contribution in [0.4, 0.5) is 5.69 Å². The van der Waals surface area contributed by atoms with Gasteiger partial charge in [0, 0.05) is 6.42 Å². The Balaban J connectivity index is 2.33. The largest absolute Gasteiger partial charge is 0.474 e. The van der Waals surface area contributed by atoms with Crippen LogP contribution in [0.5, 0.6) is 5.75 Å². The molecule has 0 saturated heterocycles. The summed E-state index contributed by atoms with van der Waals surface area (Å²) < 4.78 is 30.2. The van der Waals surface area contributed by atoms with Crippen molar-refractivity contribution >= 4 is 22.0 Å². The molecule has 0 radical (unpaired) electrons. The SMILES string of the molecule is CC(CC=O)c1ccc2c(c1)NS(=O)(=O)CO2. The highest BCUT2D eigenvalue weighted by Crippen LogP contribution is 2.33. The van der Waals surface area contributed by atoms with Gasteiger partial charge in [-0.2, -0.15) is 0 Å². The van der Waals surface area contributed by atoms with Crippen LogP contribution in [0.15, 0.2) is 18.2 Å². The quantitative estimate of drug-likeness (QED) is 0.830. The van der Waals surface area contributed by atoms with Crippen molar-refractivity contribution in [3.05, 3.63) is 23.8 Å². The van der Waals surface area contributed by atoms with Crippen LogP contribution in [0.25, 0.3) is 0 Å². The number of nitrogens with one attached hydrogen (secondary N) is 1. The molecular weight excluding hydrogens is 242 g/mol. The van der Waals surface area contributed by atoms with E-state index in [2.05, 4.69) is 4.72 Å². The van der Waals surface area contributed by atoms with Gasteiger partial charge in [-0.1, -0.05) is 13.0 Å². The predicted octanol–water partition coefficient (Wildman–Crippen LogP) is 1.47. The third-order valence-electron chi connectivity index (χ3n) is 2.66. The lowest BCUT2D eigenvalue weighted by molar-refractivity contribution is -0.108. The molecule has 0 fully saturated rings. The average Bonchev–Trinajstić information content (AvgIpc) is 2.27.